The molecule has 1 fully saturated rings. The molecule has 2 aromatic heterocycles. The Morgan fingerprint density at radius 3 is 2.66 bits per heavy atom. The van der Waals surface area contributed by atoms with Crippen LogP contribution in [0.3, 0.4) is 0 Å². The van der Waals surface area contributed by atoms with Crippen LogP contribution >= 0.6 is 0 Å². The lowest BCUT2D eigenvalue weighted by Crippen LogP contribution is -2.37. The summed E-state index contributed by atoms with van der Waals surface area (Å²) >= 11 is 0. The van der Waals surface area contributed by atoms with Crippen molar-refractivity contribution in [1.82, 2.24) is 10.2 Å². The van der Waals surface area contributed by atoms with Gasteiger partial charge in [0.15, 0.2) is 17.3 Å². The monoisotopic (exact) mass is 482 g/mol. The predicted octanol–water partition coefficient (Wildman–Crippen LogP) is 3.44. The number of aromatic hydroxyl groups is 2. The maximum Gasteiger partial charge on any atom is 0.227 e. The lowest BCUT2D eigenvalue weighted by Gasteiger charge is -2.26. The number of phenols is 1. The van der Waals surface area contributed by atoms with Gasteiger partial charge in [-0.3, -0.25) is 14.5 Å². The summed E-state index contributed by atoms with van der Waals surface area (Å²) in [6.45, 7) is 3.81. The second kappa shape index (κ2) is 10.7. The van der Waals surface area contributed by atoms with Crippen LogP contribution in [-0.4, -0.2) is 47.8 Å². The molecule has 2 atom stereocenters. The number of furan rings is 1. The van der Waals surface area contributed by atoms with Gasteiger partial charge in [0.25, 0.3) is 0 Å². The molecule has 186 valence electrons. The van der Waals surface area contributed by atoms with Gasteiger partial charge in [-0.1, -0.05) is 6.07 Å². The van der Waals surface area contributed by atoms with E-state index in [1.54, 1.807) is 25.3 Å². The number of hydrogen-bond acceptors (Lipinski definition) is 8. The Bertz CT molecular complexity index is 1210. The topological polar surface area (TPSA) is 125 Å². The summed E-state index contributed by atoms with van der Waals surface area (Å²) in [4.78, 5) is 27.7. The molecule has 1 aliphatic heterocycles. The Morgan fingerprint density at radius 1 is 1.20 bits per heavy atom. The number of nitrogens with zero attached hydrogens (tertiary/aromatic N) is 1. The van der Waals surface area contributed by atoms with Crippen molar-refractivity contribution in [3.8, 4) is 17.2 Å². The average molecular weight is 483 g/mol. The molecule has 0 bridgehead atoms. The average Bonchev–Trinajstić information content (AvgIpc) is 3.56. The lowest BCUT2D eigenvalue weighted by atomic mass is 9.91. The molecule has 1 aliphatic rings. The Morgan fingerprint density at radius 2 is 1.97 bits per heavy atom. The van der Waals surface area contributed by atoms with Crippen LogP contribution in [0.4, 0.5) is 0 Å². The Hall–Kier alpha value is -3.72. The quantitative estimate of drug-likeness (QED) is 0.424. The largest absolute Gasteiger partial charge is 0.504 e. The summed E-state index contributed by atoms with van der Waals surface area (Å²) in [6.07, 6.45) is 3.72. The maximum atomic E-state index is 13.1. The predicted molar refractivity (Wildman–Crippen MR) is 128 cm³/mol. The second-order valence-corrected chi connectivity index (χ2v) is 8.70. The summed E-state index contributed by atoms with van der Waals surface area (Å²) in [5.41, 5.74) is -0.0483. The number of rotatable bonds is 9. The number of carbonyl (C=O) groups is 1. The number of amides is 1. The Balaban J connectivity index is 1.59. The number of benzene rings is 1. The van der Waals surface area contributed by atoms with E-state index in [1.807, 2.05) is 12.1 Å². The van der Waals surface area contributed by atoms with Crippen LogP contribution in [0.1, 0.15) is 54.1 Å². The van der Waals surface area contributed by atoms with Crippen molar-refractivity contribution in [1.29, 1.82) is 0 Å². The summed E-state index contributed by atoms with van der Waals surface area (Å²) < 4.78 is 16.6. The van der Waals surface area contributed by atoms with E-state index < -0.39 is 17.1 Å². The zero-order valence-corrected chi connectivity index (χ0v) is 19.8. The van der Waals surface area contributed by atoms with Crippen molar-refractivity contribution in [3.05, 3.63) is 75.7 Å². The molecule has 9 nitrogen and oxygen atoms in total. The highest BCUT2D eigenvalue weighted by Crippen LogP contribution is 2.37. The molecule has 0 unspecified atom stereocenters. The van der Waals surface area contributed by atoms with Crippen LogP contribution in [0.15, 0.2) is 56.3 Å². The highest BCUT2D eigenvalue weighted by Gasteiger charge is 2.29. The van der Waals surface area contributed by atoms with Crippen molar-refractivity contribution in [3.63, 3.8) is 0 Å². The van der Waals surface area contributed by atoms with Gasteiger partial charge < -0.3 is 29.1 Å². The van der Waals surface area contributed by atoms with E-state index >= 15 is 0 Å². The van der Waals surface area contributed by atoms with E-state index in [9.17, 15) is 19.8 Å². The fourth-order valence-electron chi connectivity index (χ4n) is 4.55. The first-order valence-electron chi connectivity index (χ1n) is 11.6. The van der Waals surface area contributed by atoms with Crippen LogP contribution < -0.4 is 15.5 Å². The molecule has 3 N–H and O–H groups in total. The molecular weight excluding hydrogens is 452 g/mol. The number of nitrogens with one attached hydrogen (secondary N) is 1. The zero-order valence-electron chi connectivity index (χ0n) is 19.8. The van der Waals surface area contributed by atoms with E-state index in [0.717, 1.165) is 31.7 Å². The normalized spacial score (nSPS) is 15.6. The van der Waals surface area contributed by atoms with Gasteiger partial charge in [0, 0.05) is 19.0 Å². The number of hydrogen-bond donors (Lipinski definition) is 3. The molecular formula is C26H30N2O7. The van der Waals surface area contributed by atoms with Crippen molar-refractivity contribution in [2.24, 2.45) is 0 Å². The first-order valence-corrected chi connectivity index (χ1v) is 11.6. The standard InChI is InChI=1S/C26H30N2O7/c1-16-12-21(30)25(32)26(35-16)18(17-7-8-20(29)23(13-17)33-2)14-24(31)27-15-19(22-6-5-11-34-22)28-9-3-4-10-28/h5-8,11-13,18-19,29,32H,3-4,9-10,14-15H2,1-2H3,(H,27,31)/t18-,19-/m0/s1. The van der Waals surface area contributed by atoms with Gasteiger partial charge in [-0.2, -0.15) is 0 Å². The van der Waals surface area contributed by atoms with Gasteiger partial charge in [0.1, 0.15) is 11.5 Å². The summed E-state index contributed by atoms with van der Waals surface area (Å²) in [6, 6.07) is 9.44. The minimum atomic E-state index is -0.786. The fraction of sp³-hybridized carbons (Fsp3) is 0.385. The molecule has 1 saturated heterocycles. The van der Waals surface area contributed by atoms with E-state index in [0.29, 0.717) is 17.9 Å². The van der Waals surface area contributed by atoms with Gasteiger partial charge in [-0.15, -0.1) is 0 Å². The van der Waals surface area contributed by atoms with Crippen molar-refractivity contribution in [2.75, 3.05) is 26.7 Å². The molecule has 0 saturated carbocycles. The molecule has 0 aliphatic carbocycles. The molecule has 35 heavy (non-hydrogen) atoms. The number of phenolic OH excluding ortho intramolecular Hbond substituents is 1. The minimum Gasteiger partial charge on any atom is -0.504 e. The van der Waals surface area contributed by atoms with Gasteiger partial charge in [-0.25, -0.2) is 0 Å². The van der Waals surface area contributed by atoms with Crippen LogP contribution in [0.5, 0.6) is 17.2 Å². The van der Waals surface area contributed by atoms with Crippen molar-refractivity contribution < 1.29 is 28.6 Å². The molecule has 3 heterocycles. The van der Waals surface area contributed by atoms with Crippen LogP contribution in [0, 0.1) is 6.92 Å². The molecule has 4 rings (SSSR count). The molecule has 0 radical (unpaired) electrons. The van der Waals surface area contributed by atoms with Gasteiger partial charge in [-0.05, 0) is 62.7 Å². The SMILES string of the molecule is COc1cc([C@H](CC(=O)NC[C@@H](c2ccco2)N2CCCC2)c2oc(C)cc(=O)c2O)ccc1O. The zero-order chi connectivity index (χ0) is 24.9. The highest BCUT2D eigenvalue weighted by atomic mass is 16.5. The van der Waals surface area contributed by atoms with E-state index in [-0.39, 0.29) is 35.6 Å². The molecule has 1 amide bonds. The minimum absolute atomic E-state index is 0.0139. The van der Waals surface area contributed by atoms with E-state index in [4.69, 9.17) is 13.6 Å². The molecule has 0 spiro atoms. The number of likely N-dealkylation sites (tertiary alicyclic amines) is 1. The highest BCUT2D eigenvalue weighted by molar-refractivity contribution is 5.77. The fourth-order valence-corrected chi connectivity index (χ4v) is 4.55. The number of methoxy groups -OCH3 is 1. The first-order chi connectivity index (χ1) is 16.9. The Kier molecular flexibility index (Phi) is 7.45. The van der Waals surface area contributed by atoms with Crippen LogP contribution in [-0.2, 0) is 4.79 Å². The molecule has 3 aromatic rings. The van der Waals surface area contributed by atoms with Gasteiger partial charge in [0.2, 0.25) is 17.1 Å². The first kappa shape index (κ1) is 24.4. The lowest BCUT2D eigenvalue weighted by molar-refractivity contribution is -0.121. The molecule has 1 aromatic carbocycles. The number of carbonyl (C=O) groups excluding carboxylic acids is 1. The molecule has 9 heteroatoms. The van der Waals surface area contributed by atoms with Gasteiger partial charge in [0.05, 0.1) is 25.3 Å². The van der Waals surface area contributed by atoms with Crippen molar-refractivity contribution in [2.45, 2.75) is 38.1 Å². The summed E-state index contributed by atoms with van der Waals surface area (Å²) in [5.74, 6) is -0.408. The van der Waals surface area contributed by atoms with Crippen LogP contribution in [0.2, 0.25) is 0 Å². The second-order valence-electron chi connectivity index (χ2n) is 8.70. The number of ether oxygens (including phenoxy) is 1. The maximum absolute atomic E-state index is 13.1. The van der Waals surface area contributed by atoms with Gasteiger partial charge >= 0.3 is 0 Å². The van der Waals surface area contributed by atoms with E-state index in [1.165, 1.54) is 19.2 Å². The summed E-state index contributed by atoms with van der Waals surface area (Å²) in [7, 11) is 1.41. The Labute approximate surface area is 202 Å². The third kappa shape index (κ3) is 5.51. The third-order valence-corrected chi connectivity index (χ3v) is 6.33. The van der Waals surface area contributed by atoms with Crippen LogP contribution in [0.25, 0.3) is 0 Å². The number of aryl methyl sites for hydroxylation is 1. The third-order valence-electron chi connectivity index (χ3n) is 6.33. The van der Waals surface area contributed by atoms with E-state index in [2.05, 4.69) is 10.2 Å². The summed E-state index contributed by atoms with van der Waals surface area (Å²) in [5, 5.41) is 23.5. The van der Waals surface area contributed by atoms with Crippen molar-refractivity contribution >= 4 is 5.91 Å². The smallest absolute Gasteiger partial charge is 0.227 e.